The van der Waals surface area contributed by atoms with E-state index in [0.29, 0.717) is 11.5 Å². The van der Waals surface area contributed by atoms with Crippen LogP contribution in [0.15, 0.2) is 63.2 Å². The molecule has 0 fully saturated rings. The molecule has 1 atom stereocenters. The van der Waals surface area contributed by atoms with Gasteiger partial charge in [-0.05, 0) is 36.8 Å². The van der Waals surface area contributed by atoms with Crippen LogP contribution in [-0.4, -0.2) is 50.2 Å². The van der Waals surface area contributed by atoms with E-state index in [-0.39, 0.29) is 30.3 Å². The maximum atomic E-state index is 12.6. The van der Waals surface area contributed by atoms with Crippen LogP contribution in [0.25, 0.3) is 11.2 Å². The van der Waals surface area contributed by atoms with E-state index in [0.717, 1.165) is 11.1 Å². The Morgan fingerprint density at radius 3 is 2.51 bits per heavy atom. The number of nitrogens with zero attached hydrogens (tertiary/aromatic N) is 4. The molecule has 0 bridgehead atoms. The Kier molecular flexibility index (Phi) is 6.97. The Morgan fingerprint density at radius 2 is 1.83 bits per heavy atom. The summed E-state index contributed by atoms with van der Waals surface area (Å²) in [5, 5.41) is 14.9. The highest BCUT2D eigenvalue weighted by Crippen LogP contribution is 2.19. The number of aliphatic hydroxyl groups is 1. The fourth-order valence-corrected chi connectivity index (χ4v) is 3.44. The van der Waals surface area contributed by atoms with E-state index in [1.165, 1.54) is 16.2 Å². The maximum absolute atomic E-state index is 12.6. The van der Waals surface area contributed by atoms with Crippen molar-refractivity contribution < 1.29 is 14.6 Å². The molecule has 11 nitrogen and oxygen atoms in total. The molecule has 1 unspecified atom stereocenters. The number of hydrogen-bond acceptors (Lipinski definition) is 8. The Labute approximate surface area is 200 Å². The van der Waals surface area contributed by atoms with Gasteiger partial charge in [-0.1, -0.05) is 29.8 Å². The van der Waals surface area contributed by atoms with Gasteiger partial charge in [0.25, 0.3) is 5.56 Å². The molecule has 2 aromatic heterocycles. The van der Waals surface area contributed by atoms with E-state index in [9.17, 15) is 14.7 Å². The van der Waals surface area contributed by atoms with Crippen LogP contribution < -0.4 is 26.1 Å². The fourth-order valence-electron chi connectivity index (χ4n) is 3.44. The molecule has 0 spiro atoms. The molecule has 182 valence electrons. The van der Waals surface area contributed by atoms with Gasteiger partial charge in [0.05, 0.1) is 19.9 Å². The number of rotatable bonds is 9. The molecular formula is C24H26N6O5. The molecule has 0 aliphatic heterocycles. The number of hydrazone groups is 1. The van der Waals surface area contributed by atoms with Crippen LogP contribution >= 0.6 is 0 Å². The highest BCUT2D eigenvalue weighted by molar-refractivity contribution is 5.80. The van der Waals surface area contributed by atoms with Crippen molar-refractivity contribution in [2.45, 2.75) is 19.6 Å². The molecule has 35 heavy (non-hydrogen) atoms. The molecule has 4 aromatic rings. The third-order valence-electron chi connectivity index (χ3n) is 5.36. The van der Waals surface area contributed by atoms with Gasteiger partial charge in [-0.15, -0.1) is 0 Å². The first-order chi connectivity index (χ1) is 16.9. The minimum atomic E-state index is -0.993. The number of aromatic amines is 1. The van der Waals surface area contributed by atoms with Crippen LogP contribution in [0.3, 0.4) is 0 Å². The quantitative estimate of drug-likeness (QED) is 0.246. The first kappa shape index (κ1) is 23.8. The second-order valence-electron chi connectivity index (χ2n) is 7.96. The summed E-state index contributed by atoms with van der Waals surface area (Å²) in [5.74, 6) is 1.44. The Bertz CT molecular complexity index is 1450. The van der Waals surface area contributed by atoms with Gasteiger partial charge in [-0.3, -0.25) is 14.3 Å². The minimum absolute atomic E-state index is 0.0314. The van der Waals surface area contributed by atoms with Crippen molar-refractivity contribution in [3.63, 3.8) is 0 Å². The third-order valence-corrected chi connectivity index (χ3v) is 5.36. The lowest BCUT2D eigenvalue weighted by atomic mass is 10.2. The minimum Gasteiger partial charge on any atom is -0.497 e. The van der Waals surface area contributed by atoms with Crippen LogP contribution in [-0.2, 0) is 13.6 Å². The Morgan fingerprint density at radius 1 is 1.14 bits per heavy atom. The first-order valence-corrected chi connectivity index (χ1v) is 10.9. The summed E-state index contributed by atoms with van der Waals surface area (Å²) in [5.41, 5.74) is 3.89. The van der Waals surface area contributed by atoms with E-state index < -0.39 is 17.4 Å². The lowest BCUT2D eigenvalue weighted by Gasteiger charge is -2.15. The van der Waals surface area contributed by atoms with Gasteiger partial charge in [-0.2, -0.15) is 10.1 Å². The van der Waals surface area contributed by atoms with Crippen molar-refractivity contribution in [3.8, 4) is 11.5 Å². The average Bonchev–Trinajstić information content (AvgIpc) is 3.21. The van der Waals surface area contributed by atoms with E-state index in [1.807, 2.05) is 31.2 Å². The summed E-state index contributed by atoms with van der Waals surface area (Å²) in [4.78, 5) is 31.3. The summed E-state index contributed by atoms with van der Waals surface area (Å²) in [6.45, 7) is 1.92. The van der Waals surface area contributed by atoms with Gasteiger partial charge in [0.2, 0.25) is 5.95 Å². The van der Waals surface area contributed by atoms with Crippen molar-refractivity contribution >= 4 is 23.3 Å². The molecule has 0 aliphatic carbocycles. The highest BCUT2D eigenvalue weighted by atomic mass is 16.5. The SMILES string of the molecule is COc1ccc(OCC(O)Cn2c(NN=Cc3ccc(C)cc3)nc3c2c(=O)[nH]c(=O)n3C)cc1. The van der Waals surface area contributed by atoms with Crippen LogP contribution in [0, 0.1) is 6.92 Å². The average molecular weight is 479 g/mol. The first-order valence-electron chi connectivity index (χ1n) is 10.9. The zero-order chi connectivity index (χ0) is 24.9. The number of imidazole rings is 1. The standard InChI is InChI=1S/C24H26N6O5/c1-15-4-6-16(7-5-15)12-25-28-23-26-21-20(22(32)27-24(33)29(21)2)30(23)13-17(31)14-35-19-10-8-18(34-3)9-11-19/h4-12,17,31H,13-14H2,1-3H3,(H,26,28)(H,27,32,33). The van der Waals surface area contributed by atoms with Gasteiger partial charge in [-0.25, -0.2) is 10.2 Å². The predicted octanol–water partition coefficient (Wildman–Crippen LogP) is 1.63. The van der Waals surface area contributed by atoms with Crippen LogP contribution in [0.5, 0.6) is 11.5 Å². The highest BCUT2D eigenvalue weighted by Gasteiger charge is 2.20. The van der Waals surface area contributed by atoms with Gasteiger partial charge in [0, 0.05) is 7.05 Å². The smallest absolute Gasteiger partial charge is 0.329 e. The number of aryl methyl sites for hydroxylation is 2. The predicted molar refractivity (Wildman–Crippen MR) is 132 cm³/mol. The lowest BCUT2D eigenvalue weighted by molar-refractivity contribution is 0.0938. The summed E-state index contributed by atoms with van der Waals surface area (Å²) in [6.07, 6.45) is 0.614. The monoisotopic (exact) mass is 478 g/mol. The van der Waals surface area contributed by atoms with E-state index >= 15 is 0 Å². The molecule has 0 aliphatic rings. The van der Waals surface area contributed by atoms with Gasteiger partial charge in [0.1, 0.15) is 24.2 Å². The van der Waals surface area contributed by atoms with Crippen LogP contribution in [0.1, 0.15) is 11.1 Å². The topological polar surface area (TPSA) is 136 Å². The fraction of sp³-hybridized carbons (Fsp3) is 0.250. The van der Waals surface area contributed by atoms with Crippen LogP contribution in [0.4, 0.5) is 5.95 Å². The number of nitrogens with one attached hydrogen (secondary N) is 2. The maximum Gasteiger partial charge on any atom is 0.329 e. The number of aromatic nitrogens is 4. The van der Waals surface area contributed by atoms with E-state index in [2.05, 4.69) is 20.5 Å². The van der Waals surface area contributed by atoms with Crippen molar-refractivity contribution in [1.29, 1.82) is 0 Å². The molecule has 11 heteroatoms. The second kappa shape index (κ2) is 10.3. The number of ether oxygens (including phenoxy) is 2. The summed E-state index contributed by atoms with van der Waals surface area (Å²) >= 11 is 0. The number of aliphatic hydroxyl groups excluding tert-OH is 1. The number of fused-ring (bicyclic) bond motifs is 1. The molecule has 2 heterocycles. The van der Waals surface area contributed by atoms with Gasteiger partial charge in [0.15, 0.2) is 11.2 Å². The van der Waals surface area contributed by atoms with Crippen molar-refractivity contribution in [3.05, 3.63) is 80.5 Å². The molecular weight excluding hydrogens is 452 g/mol. The van der Waals surface area contributed by atoms with Crippen molar-refractivity contribution in [1.82, 2.24) is 19.1 Å². The van der Waals surface area contributed by atoms with Crippen molar-refractivity contribution in [2.24, 2.45) is 12.1 Å². The Hall–Kier alpha value is -4.38. The molecule has 0 saturated heterocycles. The largest absolute Gasteiger partial charge is 0.497 e. The number of anilines is 1. The molecule has 3 N–H and O–H groups in total. The van der Waals surface area contributed by atoms with Crippen LogP contribution in [0.2, 0.25) is 0 Å². The van der Waals surface area contributed by atoms with Gasteiger partial charge >= 0.3 is 5.69 Å². The zero-order valence-electron chi connectivity index (χ0n) is 19.6. The summed E-state index contributed by atoms with van der Waals surface area (Å²) in [7, 11) is 3.07. The third kappa shape index (κ3) is 5.41. The molecule has 0 saturated carbocycles. The second-order valence-corrected chi connectivity index (χ2v) is 7.96. The molecule has 4 rings (SSSR count). The number of benzene rings is 2. The number of hydrogen-bond donors (Lipinski definition) is 3. The summed E-state index contributed by atoms with van der Waals surface area (Å²) < 4.78 is 13.5. The lowest BCUT2D eigenvalue weighted by Crippen LogP contribution is -2.30. The van der Waals surface area contributed by atoms with Crippen molar-refractivity contribution in [2.75, 3.05) is 19.1 Å². The zero-order valence-corrected chi connectivity index (χ0v) is 19.6. The number of H-pyrrole nitrogens is 1. The van der Waals surface area contributed by atoms with E-state index in [4.69, 9.17) is 9.47 Å². The molecule has 0 radical (unpaired) electrons. The van der Waals surface area contributed by atoms with E-state index in [1.54, 1.807) is 37.6 Å². The molecule has 2 aromatic carbocycles. The summed E-state index contributed by atoms with van der Waals surface area (Å²) in [6, 6.07) is 14.7. The number of methoxy groups -OCH3 is 1. The normalized spacial score (nSPS) is 12.2. The molecule has 0 amide bonds. The Balaban J connectivity index is 1.58. The van der Waals surface area contributed by atoms with Gasteiger partial charge < -0.3 is 19.1 Å².